The predicted molar refractivity (Wildman–Crippen MR) is 68.6 cm³/mol. The zero-order chi connectivity index (χ0) is 12.7. The van der Waals surface area contributed by atoms with Crippen molar-refractivity contribution in [3.63, 3.8) is 0 Å². The van der Waals surface area contributed by atoms with Crippen molar-refractivity contribution in [2.45, 2.75) is 6.42 Å². The second kappa shape index (κ2) is 4.10. The van der Waals surface area contributed by atoms with Crippen molar-refractivity contribution >= 4 is 33.3 Å². The number of hydrogen-bond donors (Lipinski definition) is 1. The molecule has 0 fully saturated rings. The fourth-order valence-electron chi connectivity index (χ4n) is 1.98. The molecule has 0 aliphatic carbocycles. The molecular formula is C13H8BrNO3. The number of fused-ring (bicyclic) bond motifs is 1. The van der Waals surface area contributed by atoms with E-state index in [1.54, 1.807) is 24.3 Å². The van der Waals surface area contributed by atoms with Crippen LogP contribution >= 0.6 is 15.9 Å². The number of furan rings is 1. The molecule has 0 saturated heterocycles. The van der Waals surface area contributed by atoms with E-state index >= 15 is 0 Å². The highest BCUT2D eigenvalue weighted by Crippen LogP contribution is 2.26. The second-order valence-corrected chi connectivity index (χ2v) is 4.75. The number of amides is 1. The molecule has 0 radical (unpaired) electrons. The maximum atomic E-state index is 12.2. The van der Waals surface area contributed by atoms with Crippen LogP contribution in [0.15, 0.2) is 39.6 Å². The summed E-state index contributed by atoms with van der Waals surface area (Å²) in [6.07, 6.45) is 1.78. The van der Waals surface area contributed by atoms with Crippen LogP contribution in [0.5, 0.6) is 0 Å². The van der Waals surface area contributed by atoms with Crippen molar-refractivity contribution in [3.05, 3.63) is 51.9 Å². The summed E-state index contributed by atoms with van der Waals surface area (Å²) >= 11 is 3.18. The minimum atomic E-state index is -0.127. The lowest BCUT2D eigenvalue weighted by atomic mass is 10.0. The number of benzene rings is 1. The number of nitrogens with one attached hydrogen (secondary N) is 1. The summed E-state index contributed by atoms with van der Waals surface area (Å²) in [4.78, 5) is 23.5. The molecule has 4 nitrogen and oxygen atoms in total. The smallest absolute Gasteiger partial charge is 0.228 e. The Morgan fingerprint density at radius 1 is 1.33 bits per heavy atom. The maximum Gasteiger partial charge on any atom is 0.228 e. The van der Waals surface area contributed by atoms with Gasteiger partial charge < -0.3 is 9.73 Å². The van der Waals surface area contributed by atoms with Gasteiger partial charge in [-0.2, -0.15) is 0 Å². The van der Waals surface area contributed by atoms with Crippen molar-refractivity contribution in [1.29, 1.82) is 0 Å². The first-order valence-corrected chi connectivity index (χ1v) is 6.15. The third-order valence-corrected chi connectivity index (χ3v) is 3.47. The lowest BCUT2D eigenvalue weighted by Crippen LogP contribution is -2.03. The third kappa shape index (κ3) is 1.76. The lowest BCUT2D eigenvalue weighted by molar-refractivity contribution is -0.115. The number of anilines is 1. The van der Waals surface area contributed by atoms with Crippen LogP contribution in [-0.2, 0) is 11.2 Å². The average Bonchev–Trinajstić information content (AvgIpc) is 2.91. The van der Waals surface area contributed by atoms with Gasteiger partial charge in [0.15, 0.2) is 10.5 Å². The molecule has 1 amide bonds. The van der Waals surface area contributed by atoms with Crippen LogP contribution in [0.2, 0.25) is 0 Å². The summed E-state index contributed by atoms with van der Waals surface area (Å²) in [6.45, 7) is 0. The van der Waals surface area contributed by atoms with Crippen LogP contribution in [-0.4, -0.2) is 11.7 Å². The van der Waals surface area contributed by atoms with Gasteiger partial charge in [0.1, 0.15) is 0 Å². The number of carbonyl (C=O) groups is 2. The molecule has 18 heavy (non-hydrogen) atoms. The normalized spacial score (nSPS) is 13.3. The Morgan fingerprint density at radius 3 is 2.89 bits per heavy atom. The number of ketones is 1. The Morgan fingerprint density at radius 2 is 2.17 bits per heavy atom. The number of hydrogen-bond acceptors (Lipinski definition) is 3. The van der Waals surface area contributed by atoms with E-state index in [2.05, 4.69) is 21.2 Å². The maximum absolute atomic E-state index is 12.2. The third-order valence-electron chi connectivity index (χ3n) is 2.86. The van der Waals surface area contributed by atoms with E-state index in [0.29, 0.717) is 22.2 Å². The summed E-state index contributed by atoms with van der Waals surface area (Å²) in [5.41, 5.74) is 2.66. The Labute approximate surface area is 111 Å². The van der Waals surface area contributed by atoms with E-state index < -0.39 is 0 Å². The summed E-state index contributed by atoms with van der Waals surface area (Å²) in [7, 11) is 0. The molecule has 0 saturated carbocycles. The highest BCUT2D eigenvalue weighted by atomic mass is 79.9. The zero-order valence-electron chi connectivity index (χ0n) is 9.20. The first kappa shape index (κ1) is 11.2. The van der Waals surface area contributed by atoms with E-state index in [9.17, 15) is 9.59 Å². The molecule has 0 unspecified atom stereocenters. The van der Waals surface area contributed by atoms with Gasteiger partial charge in [-0.3, -0.25) is 9.59 Å². The zero-order valence-corrected chi connectivity index (χ0v) is 10.8. The molecule has 2 aromatic rings. The van der Waals surface area contributed by atoms with Crippen molar-refractivity contribution in [2.75, 3.05) is 5.32 Å². The van der Waals surface area contributed by atoms with Gasteiger partial charge in [0.05, 0.1) is 18.2 Å². The molecular weight excluding hydrogens is 298 g/mol. The standard InChI is InChI=1S/C13H8BrNO3/c14-13-9(3-4-18-13)12(17)7-1-2-10-8(5-7)6-11(16)15-10/h1-5H,6H2,(H,15,16). The predicted octanol–water partition coefficient (Wildman–Crippen LogP) is 2.77. The minimum Gasteiger partial charge on any atom is -0.457 e. The SMILES string of the molecule is O=C1Cc2cc(C(=O)c3ccoc3Br)ccc2N1. The first-order chi connectivity index (χ1) is 8.65. The van der Waals surface area contributed by atoms with Gasteiger partial charge in [-0.25, -0.2) is 0 Å². The van der Waals surface area contributed by atoms with E-state index in [1.165, 1.54) is 6.26 Å². The molecule has 90 valence electrons. The van der Waals surface area contributed by atoms with Gasteiger partial charge in [-0.15, -0.1) is 0 Å². The number of rotatable bonds is 2. The molecule has 1 aromatic heterocycles. The summed E-state index contributed by atoms with van der Waals surface area (Å²) in [6, 6.07) is 6.81. The molecule has 0 spiro atoms. The number of halogens is 1. The molecule has 3 rings (SSSR count). The Bertz CT molecular complexity index is 660. The molecule has 5 heteroatoms. The monoisotopic (exact) mass is 305 g/mol. The fourth-order valence-corrected chi connectivity index (χ4v) is 2.40. The van der Waals surface area contributed by atoms with E-state index in [-0.39, 0.29) is 11.7 Å². The van der Waals surface area contributed by atoms with Crippen LogP contribution in [0.4, 0.5) is 5.69 Å². The molecule has 1 aromatic carbocycles. The molecule has 0 atom stereocenters. The van der Waals surface area contributed by atoms with E-state index in [0.717, 1.165) is 11.3 Å². The van der Waals surface area contributed by atoms with Crippen LogP contribution < -0.4 is 5.32 Å². The Kier molecular flexibility index (Phi) is 2.56. The van der Waals surface area contributed by atoms with Gasteiger partial charge in [-0.05, 0) is 45.8 Å². The van der Waals surface area contributed by atoms with E-state index in [4.69, 9.17) is 4.42 Å². The van der Waals surface area contributed by atoms with Gasteiger partial charge in [0, 0.05) is 11.3 Å². The van der Waals surface area contributed by atoms with Gasteiger partial charge >= 0.3 is 0 Å². The van der Waals surface area contributed by atoms with Crippen molar-refractivity contribution in [3.8, 4) is 0 Å². The highest BCUT2D eigenvalue weighted by molar-refractivity contribution is 9.10. The first-order valence-electron chi connectivity index (χ1n) is 5.35. The largest absolute Gasteiger partial charge is 0.457 e. The highest BCUT2D eigenvalue weighted by Gasteiger charge is 2.21. The topological polar surface area (TPSA) is 59.3 Å². The fraction of sp³-hybridized carbons (Fsp3) is 0.0769. The van der Waals surface area contributed by atoms with Crippen molar-refractivity contribution < 1.29 is 14.0 Å². The minimum absolute atomic E-state index is 0.0425. The quantitative estimate of drug-likeness (QED) is 0.868. The van der Waals surface area contributed by atoms with Crippen molar-refractivity contribution in [2.24, 2.45) is 0 Å². The summed E-state index contributed by atoms with van der Waals surface area (Å²) in [5.74, 6) is -0.170. The average molecular weight is 306 g/mol. The lowest BCUT2D eigenvalue weighted by Gasteiger charge is -2.02. The molecule has 2 heterocycles. The molecule has 0 bridgehead atoms. The molecule has 1 N–H and O–H groups in total. The van der Waals surface area contributed by atoms with Gasteiger partial charge in [0.2, 0.25) is 5.91 Å². The van der Waals surface area contributed by atoms with Crippen molar-refractivity contribution in [1.82, 2.24) is 0 Å². The van der Waals surface area contributed by atoms with E-state index in [1.807, 2.05) is 0 Å². The van der Waals surface area contributed by atoms with Crippen LogP contribution in [0, 0.1) is 0 Å². The van der Waals surface area contributed by atoms with Crippen LogP contribution in [0.3, 0.4) is 0 Å². The Balaban J connectivity index is 2.00. The van der Waals surface area contributed by atoms with Gasteiger partial charge in [0.25, 0.3) is 0 Å². The second-order valence-electron chi connectivity index (χ2n) is 4.03. The Hall–Kier alpha value is -1.88. The summed E-state index contributed by atoms with van der Waals surface area (Å²) in [5, 5.41) is 2.73. The molecule has 1 aliphatic heterocycles. The van der Waals surface area contributed by atoms with Crippen LogP contribution in [0.25, 0.3) is 0 Å². The number of carbonyl (C=O) groups excluding carboxylic acids is 2. The summed E-state index contributed by atoms with van der Waals surface area (Å²) < 4.78 is 5.46. The molecule has 1 aliphatic rings. The van der Waals surface area contributed by atoms with Crippen LogP contribution in [0.1, 0.15) is 21.5 Å². The van der Waals surface area contributed by atoms with Gasteiger partial charge in [-0.1, -0.05) is 0 Å².